The molecule has 192 valence electrons. The van der Waals surface area contributed by atoms with Crippen LogP contribution < -0.4 is 5.56 Å². The minimum absolute atomic E-state index is 0.0102. The van der Waals surface area contributed by atoms with E-state index in [1.807, 2.05) is 56.8 Å². The smallest absolute Gasteiger partial charge is 0.262 e. The van der Waals surface area contributed by atoms with Crippen molar-refractivity contribution < 1.29 is 9.90 Å². The van der Waals surface area contributed by atoms with Gasteiger partial charge in [0.1, 0.15) is 0 Å². The van der Waals surface area contributed by atoms with Crippen LogP contribution in [0, 0.1) is 11.8 Å². The molecular weight excluding hydrogens is 484 g/mol. The van der Waals surface area contributed by atoms with Gasteiger partial charge in [0, 0.05) is 37.1 Å². The summed E-state index contributed by atoms with van der Waals surface area (Å²) in [6.45, 7) is 2.04. The fourth-order valence-corrected chi connectivity index (χ4v) is 6.78. The highest BCUT2D eigenvalue weighted by Gasteiger charge is 2.38. The Bertz CT molecular complexity index is 1420. The molecule has 1 N–H and O–H groups in total. The summed E-state index contributed by atoms with van der Waals surface area (Å²) in [4.78, 5) is 33.4. The molecule has 1 aliphatic heterocycles. The molecule has 4 aromatic rings. The number of likely N-dealkylation sites (tertiary alicyclic amines) is 1. The fourth-order valence-electron chi connectivity index (χ4n) is 6.15. The molecule has 3 unspecified atom stereocenters. The topological polar surface area (TPSA) is 80.4 Å². The molecule has 3 aromatic heterocycles. The quantitative estimate of drug-likeness (QED) is 0.426. The molecule has 0 spiro atoms. The van der Waals surface area contributed by atoms with E-state index in [2.05, 4.69) is 17.1 Å². The number of carbonyl (C=O) groups is 1. The first-order valence-corrected chi connectivity index (χ1v) is 14.1. The molecule has 1 aliphatic carbocycles. The average molecular weight is 517 g/mol. The van der Waals surface area contributed by atoms with Gasteiger partial charge in [0.15, 0.2) is 5.65 Å². The van der Waals surface area contributed by atoms with Gasteiger partial charge in [0.25, 0.3) is 5.56 Å². The molecule has 2 aliphatic rings. The second-order valence-electron chi connectivity index (χ2n) is 10.5. The number of piperidine rings is 1. The summed E-state index contributed by atoms with van der Waals surface area (Å²) in [6, 6.07) is 14.0. The van der Waals surface area contributed by atoms with Gasteiger partial charge in [-0.2, -0.15) is 11.3 Å². The molecule has 37 heavy (non-hydrogen) atoms. The van der Waals surface area contributed by atoms with Crippen LogP contribution in [0.3, 0.4) is 0 Å². The molecule has 1 aromatic carbocycles. The summed E-state index contributed by atoms with van der Waals surface area (Å²) in [5.74, 6) is 0.532. The van der Waals surface area contributed by atoms with Crippen molar-refractivity contribution in [1.29, 1.82) is 0 Å². The summed E-state index contributed by atoms with van der Waals surface area (Å²) < 4.78 is 3.69. The van der Waals surface area contributed by atoms with Gasteiger partial charge in [-0.1, -0.05) is 30.3 Å². The standard InChI is InChI=1S/C29H32N4O3S/c34-23-6-7-24(26(16-23)21-4-2-1-3-5-21)28(35)31-12-8-20(9-13-31)17-32-19-30-27-25(29(32)36)10-14-33(27)22-11-15-37-18-22/h1-5,10-11,14-15,18-20,23-24,26,34H,6-9,12-13,16-17H2. The van der Waals surface area contributed by atoms with Crippen molar-refractivity contribution in [3.8, 4) is 5.69 Å². The van der Waals surface area contributed by atoms with Crippen LogP contribution in [0.5, 0.6) is 0 Å². The third-order valence-corrected chi connectivity index (χ3v) is 8.87. The van der Waals surface area contributed by atoms with Crippen LogP contribution in [-0.4, -0.2) is 49.2 Å². The van der Waals surface area contributed by atoms with Crippen LogP contribution in [0.4, 0.5) is 0 Å². The molecule has 8 heteroatoms. The molecule has 1 amide bonds. The van der Waals surface area contributed by atoms with Crippen LogP contribution in [0.25, 0.3) is 16.7 Å². The average Bonchev–Trinajstić information content (AvgIpc) is 3.61. The van der Waals surface area contributed by atoms with Crippen LogP contribution in [0.2, 0.25) is 0 Å². The zero-order chi connectivity index (χ0) is 25.4. The van der Waals surface area contributed by atoms with Gasteiger partial charge >= 0.3 is 0 Å². The lowest BCUT2D eigenvalue weighted by molar-refractivity contribution is -0.139. The van der Waals surface area contributed by atoms with E-state index in [1.165, 1.54) is 0 Å². The Balaban J connectivity index is 1.11. The maximum absolute atomic E-state index is 13.6. The van der Waals surface area contributed by atoms with Crippen LogP contribution >= 0.6 is 11.3 Å². The van der Waals surface area contributed by atoms with Gasteiger partial charge in [0.2, 0.25) is 5.91 Å². The first-order chi connectivity index (χ1) is 18.1. The molecule has 7 nitrogen and oxygen atoms in total. The Kier molecular flexibility index (Phi) is 6.69. The maximum atomic E-state index is 13.6. The zero-order valence-electron chi connectivity index (χ0n) is 20.8. The Morgan fingerprint density at radius 2 is 1.86 bits per heavy atom. The van der Waals surface area contributed by atoms with Crippen molar-refractivity contribution in [1.82, 2.24) is 19.0 Å². The molecule has 0 radical (unpaired) electrons. The van der Waals surface area contributed by atoms with Crippen LogP contribution in [0.1, 0.15) is 43.6 Å². The summed E-state index contributed by atoms with van der Waals surface area (Å²) in [5.41, 5.74) is 2.84. The van der Waals surface area contributed by atoms with E-state index in [-0.39, 0.29) is 29.4 Å². The SMILES string of the molecule is O=C(C1CCC(O)CC1c1ccccc1)N1CCC(Cn2cnc3c(ccn3-c3ccsc3)c2=O)CC1. The fraction of sp³-hybridized carbons (Fsp3) is 0.414. The van der Waals surface area contributed by atoms with E-state index in [1.54, 1.807) is 22.2 Å². The normalized spacial score (nSPS) is 22.9. The van der Waals surface area contributed by atoms with E-state index in [4.69, 9.17) is 0 Å². The van der Waals surface area contributed by atoms with E-state index in [0.717, 1.165) is 30.5 Å². The number of amides is 1. The Labute approximate surface area is 220 Å². The van der Waals surface area contributed by atoms with Crippen molar-refractivity contribution in [2.75, 3.05) is 13.1 Å². The van der Waals surface area contributed by atoms with Crippen molar-refractivity contribution in [3.05, 3.63) is 81.7 Å². The summed E-state index contributed by atoms with van der Waals surface area (Å²) in [5, 5.41) is 15.0. The first-order valence-electron chi connectivity index (χ1n) is 13.2. The molecule has 1 saturated heterocycles. The number of benzene rings is 1. The highest BCUT2D eigenvalue weighted by molar-refractivity contribution is 7.08. The number of fused-ring (bicyclic) bond motifs is 1. The molecule has 3 atom stereocenters. The first kappa shape index (κ1) is 24.1. The van der Waals surface area contributed by atoms with Gasteiger partial charge in [0.05, 0.1) is 23.5 Å². The number of hydrogen-bond acceptors (Lipinski definition) is 5. The lowest BCUT2D eigenvalue weighted by Crippen LogP contribution is -2.45. The van der Waals surface area contributed by atoms with Crippen molar-refractivity contribution in [2.24, 2.45) is 11.8 Å². The summed E-state index contributed by atoms with van der Waals surface area (Å²) >= 11 is 1.62. The third-order valence-electron chi connectivity index (χ3n) is 8.20. The van der Waals surface area contributed by atoms with Gasteiger partial charge in [-0.25, -0.2) is 4.98 Å². The Hall–Kier alpha value is -3.23. The maximum Gasteiger partial charge on any atom is 0.262 e. The zero-order valence-corrected chi connectivity index (χ0v) is 21.6. The lowest BCUT2D eigenvalue weighted by atomic mass is 9.73. The third kappa shape index (κ3) is 4.76. The molecule has 0 bridgehead atoms. The van der Waals surface area contributed by atoms with Crippen molar-refractivity contribution in [3.63, 3.8) is 0 Å². The van der Waals surface area contributed by atoms with Gasteiger partial charge in [-0.15, -0.1) is 0 Å². The van der Waals surface area contributed by atoms with E-state index >= 15 is 0 Å². The second-order valence-corrected chi connectivity index (χ2v) is 11.2. The van der Waals surface area contributed by atoms with Gasteiger partial charge < -0.3 is 14.6 Å². The minimum Gasteiger partial charge on any atom is -0.393 e. The Morgan fingerprint density at radius 1 is 1.05 bits per heavy atom. The van der Waals surface area contributed by atoms with E-state index in [0.29, 0.717) is 49.4 Å². The summed E-state index contributed by atoms with van der Waals surface area (Å²) in [7, 11) is 0. The van der Waals surface area contributed by atoms with Crippen LogP contribution in [-0.2, 0) is 11.3 Å². The van der Waals surface area contributed by atoms with Crippen molar-refractivity contribution >= 4 is 28.3 Å². The highest BCUT2D eigenvalue weighted by atomic mass is 32.1. The number of aromatic nitrogens is 3. The van der Waals surface area contributed by atoms with Gasteiger partial charge in [-0.05, 0) is 67.0 Å². The Morgan fingerprint density at radius 3 is 2.62 bits per heavy atom. The largest absolute Gasteiger partial charge is 0.393 e. The monoisotopic (exact) mass is 516 g/mol. The molecule has 2 fully saturated rings. The van der Waals surface area contributed by atoms with Crippen molar-refractivity contribution in [2.45, 2.75) is 50.7 Å². The number of rotatable bonds is 5. The number of thiophene rings is 1. The summed E-state index contributed by atoms with van der Waals surface area (Å²) in [6.07, 6.45) is 7.03. The minimum atomic E-state index is -0.341. The lowest BCUT2D eigenvalue weighted by Gasteiger charge is -2.39. The molecule has 4 heterocycles. The highest BCUT2D eigenvalue weighted by Crippen LogP contribution is 2.39. The predicted octanol–water partition coefficient (Wildman–Crippen LogP) is 4.43. The molecular formula is C29H32N4O3S. The van der Waals surface area contributed by atoms with E-state index in [9.17, 15) is 14.7 Å². The number of carbonyl (C=O) groups excluding carboxylic acids is 1. The predicted molar refractivity (Wildman–Crippen MR) is 145 cm³/mol. The number of aliphatic hydroxyl groups excluding tert-OH is 1. The van der Waals surface area contributed by atoms with E-state index < -0.39 is 0 Å². The van der Waals surface area contributed by atoms with Gasteiger partial charge in [-0.3, -0.25) is 14.2 Å². The number of aliphatic hydroxyl groups is 1. The molecule has 6 rings (SSSR count). The number of hydrogen-bond donors (Lipinski definition) is 1. The van der Waals surface area contributed by atoms with Crippen LogP contribution in [0.15, 0.2) is 70.5 Å². The second kappa shape index (κ2) is 10.3. The molecule has 1 saturated carbocycles. The number of nitrogens with zero attached hydrogens (tertiary/aromatic N) is 4.